The van der Waals surface area contributed by atoms with Gasteiger partial charge < -0.3 is 9.67 Å². The van der Waals surface area contributed by atoms with Crippen LogP contribution < -0.4 is 0 Å². The van der Waals surface area contributed by atoms with E-state index in [0.29, 0.717) is 17.1 Å². The molecule has 0 aliphatic rings. The smallest absolute Gasteiger partial charge is 0.337 e. The summed E-state index contributed by atoms with van der Waals surface area (Å²) in [6.45, 7) is 3.46. The first-order valence-electron chi connectivity index (χ1n) is 8.03. The summed E-state index contributed by atoms with van der Waals surface area (Å²) in [5, 5.41) is 9.43. The van der Waals surface area contributed by atoms with Crippen molar-refractivity contribution in [3.05, 3.63) is 71.5 Å². The number of para-hydroxylation sites is 1. The molecule has 134 valence electrons. The standard InChI is InChI=1S/C20H19NO4S/c1-13-12-17(20(22)23)14(2)21(13)19-16(15-8-5-4-6-9-15)10-7-11-18(19)26(3,24)25/h4-12H,1-3H3,(H,22,23). The van der Waals surface area contributed by atoms with E-state index in [9.17, 15) is 18.3 Å². The molecule has 0 saturated carbocycles. The average molecular weight is 369 g/mol. The Morgan fingerprint density at radius 1 is 1.00 bits per heavy atom. The number of aryl methyl sites for hydroxylation is 1. The van der Waals surface area contributed by atoms with Gasteiger partial charge in [0.1, 0.15) is 0 Å². The Hall–Kier alpha value is -2.86. The Labute approximate surface area is 152 Å². The van der Waals surface area contributed by atoms with Crippen LogP contribution in [0.3, 0.4) is 0 Å². The van der Waals surface area contributed by atoms with Gasteiger partial charge in [-0.25, -0.2) is 13.2 Å². The van der Waals surface area contributed by atoms with Crippen molar-refractivity contribution < 1.29 is 18.3 Å². The van der Waals surface area contributed by atoms with Crippen LogP contribution >= 0.6 is 0 Å². The van der Waals surface area contributed by atoms with E-state index in [0.717, 1.165) is 17.4 Å². The van der Waals surface area contributed by atoms with Crippen LogP contribution in [0.15, 0.2) is 59.5 Å². The van der Waals surface area contributed by atoms with Crippen molar-refractivity contribution in [3.8, 4) is 16.8 Å². The molecule has 0 aliphatic heterocycles. The molecule has 0 saturated heterocycles. The van der Waals surface area contributed by atoms with Crippen molar-refractivity contribution in [2.45, 2.75) is 18.7 Å². The molecule has 3 aromatic rings. The molecule has 2 aromatic carbocycles. The van der Waals surface area contributed by atoms with E-state index in [1.807, 2.05) is 36.4 Å². The Bertz CT molecular complexity index is 1100. The van der Waals surface area contributed by atoms with Gasteiger partial charge in [-0.05, 0) is 31.5 Å². The van der Waals surface area contributed by atoms with Gasteiger partial charge in [-0.3, -0.25) is 0 Å². The zero-order valence-corrected chi connectivity index (χ0v) is 15.5. The highest BCUT2D eigenvalue weighted by Gasteiger charge is 2.24. The van der Waals surface area contributed by atoms with Crippen LogP contribution in [0.4, 0.5) is 0 Å². The highest BCUT2D eigenvalue weighted by molar-refractivity contribution is 7.90. The molecule has 0 unspecified atom stereocenters. The molecule has 0 amide bonds. The zero-order chi connectivity index (χ0) is 19.1. The molecule has 5 nitrogen and oxygen atoms in total. The minimum absolute atomic E-state index is 0.157. The third-order valence-electron chi connectivity index (χ3n) is 4.37. The second kappa shape index (κ2) is 6.46. The average Bonchev–Trinajstić information content (AvgIpc) is 2.89. The highest BCUT2D eigenvalue weighted by atomic mass is 32.2. The van der Waals surface area contributed by atoms with Crippen molar-refractivity contribution in [1.29, 1.82) is 0 Å². The first kappa shape index (κ1) is 17.9. The maximum atomic E-state index is 12.4. The number of carboxylic acid groups (broad SMARTS) is 1. The highest BCUT2D eigenvalue weighted by Crippen LogP contribution is 2.35. The van der Waals surface area contributed by atoms with Crippen LogP contribution in [0.2, 0.25) is 0 Å². The molecular formula is C20H19NO4S. The van der Waals surface area contributed by atoms with Gasteiger partial charge in [0.05, 0.1) is 16.1 Å². The lowest BCUT2D eigenvalue weighted by Gasteiger charge is -2.18. The molecule has 0 aliphatic carbocycles. The molecule has 1 heterocycles. The van der Waals surface area contributed by atoms with Crippen molar-refractivity contribution >= 4 is 15.8 Å². The Balaban J connectivity index is 2.46. The molecule has 0 spiro atoms. The van der Waals surface area contributed by atoms with Crippen LogP contribution in [0, 0.1) is 13.8 Å². The van der Waals surface area contributed by atoms with Gasteiger partial charge in [0.15, 0.2) is 9.84 Å². The fraction of sp³-hybridized carbons (Fsp3) is 0.150. The Morgan fingerprint density at radius 3 is 2.19 bits per heavy atom. The fourth-order valence-electron chi connectivity index (χ4n) is 3.23. The predicted octanol–water partition coefficient (Wildman–Crippen LogP) is 3.86. The summed E-state index contributed by atoms with van der Waals surface area (Å²) in [7, 11) is -3.52. The van der Waals surface area contributed by atoms with Gasteiger partial charge in [0.2, 0.25) is 0 Å². The summed E-state index contributed by atoms with van der Waals surface area (Å²) in [6.07, 6.45) is 1.16. The molecule has 0 radical (unpaired) electrons. The number of hydrogen-bond donors (Lipinski definition) is 1. The van der Waals surface area contributed by atoms with E-state index in [-0.39, 0.29) is 10.5 Å². The van der Waals surface area contributed by atoms with E-state index in [1.165, 1.54) is 0 Å². The van der Waals surface area contributed by atoms with E-state index in [2.05, 4.69) is 0 Å². The predicted molar refractivity (Wildman–Crippen MR) is 101 cm³/mol. The quantitative estimate of drug-likeness (QED) is 0.757. The summed E-state index contributed by atoms with van der Waals surface area (Å²) >= 11 is 0. The molecule has 3 rings (SSSR count). The number of benzene rings is 2. The number of nitrogens with zero attached hydrogens (tertiary/aromatic N) is 1. The number of aromatic carboxylic acids is 1. The first-order chi connectivity index (χ1) is 12.2. The molecule has 6 heteroatoms. The van der Waals surface area contributed by atoms with Crippen LogP contribution in [-0.4, -0.2) is 30.3 Å². The van der Waals surface area contributed by atoms with E-state index in [1.54, 1.807) is 36.6 Å². The molecule has 0 atom stereocenters. The van der Waals surface area contributed by atoms with E-state index >= 15 is 0 Å². The molecule has 1 N–H and O–H groups in total. The van der Waals surface area contributed by atoms with Crippen LogP contribution in [0.5, 0.6) is 0 Å². The lowest BCUT2D eigenvalue weighted by molar-refractivity contribution is 0.0696. The lowest BCUT2D eigenvalue weighted by atomic mass is 10.0. The number of hydrogen-bond acceptors (Lipinski definition) is 3. The van der Waals surface area contributed by atoms with Gasteiger partial charge in [0, 0.05) is 23.2 Å². The van der Waals surface area contributed by atoms with Gasteiger partial charge in [-0.15, -0.1) is 0 Å². The SMILES string of the molecule is Cc1cc(C(=O)O)c(C)n1-c1c(-c2ccccc2)cccc1S(C)(=O)=O. The number of sulfone groups is 1. The molecule has 26 heavy (non-hydrogen) atoms. The fourth-order valence-corrected chi connectivity index (χ4v) is 4.10. The number of carbonyl (C=O) groups is 1. The number of aromatic nitrogens is 1. The monoisotopic (exact) mass is 369 g/mol. The topological polar surface area (TPSA) is 76.4 Å². The summed E-state index contributed by atoms with van der Waals surface area (Å²) in [4.78, 5) is 11.7. The maximum Gasteiger partial charge on any atom is 0.337 e. The number of carboxylic acids is 1. The second-order valence-electron chi connectivity index (χ2n) is 6.22. The maximum absolute atomic E-state index is 12.4. The first-order valence-corrected chi connectivity index (χ1v) is 9.92. The Kier molecular flexibility index (Phi) is 4.46. The van der Waals surface area contributed by atoms with Crippen molar-refractivity contribution in [2.75, 3.05) is 6.26 Å². The van der Waals surface area contributed by atoms with E-state index < -0.39 is 15.8 Å². The van der Waals surface area contributed by atoms with Crippen LogP contribution in [0.1, 0.15) is 21.7 Å². The molecule has 0 fully saturated rings. The van der Waals surface area contributed by atoms with Crippen LogP contribution in [-0.2, 0) is 9.84 Å². The molecular weight excluding hydrogens is 350 g/mol. The van der Waals surface area contributed by atoms with Gasteiger partial charge in [0.25, 0.3) is 0 Å². The van der Waals surface area contributed by atoms with Gasteiger partial charge >= 0.3 is 5.97 Å². The third-order valence-corrected chi connectivity index (χ3v) is 5.50. The third kappa shape index (κ3) is 3.04. The summed E-state index contributed by atoms with van der Waals surface area (Å²) in [6, 6.07) is 16.1. The zero-order valence-electron chi connectivity index (χ0n) is 14.7. The van der Waals surface area contributed by atoms with Crippen molar-refractivity contribution in [3.63, 3.8) is 0 Å². The second-order valence-corrected chi connectivity index (χ2v) is 8.20. The van der Waals surface area contributed by atoms with Gasteiger partial charge in [-0.2, -0.15) is 0 Å². The van der Waals surface area contributed by atoms with E-state index in [4.69, 9.17) is 0 Å². The molecule has 1 aromatic heterocycles. The Morgan fingerprint density at radius 2 is 1.65 bits per heavy atom. The number of rotatable bonds is 4. The summed E-state index contributed by atoms with van der Waals surface area (Å²) in [5.41, 5.74) is 3.37. The largest absolute Gasteiger partial charge is 0.478 e. The minimum atomic E-state index is -3.52. The van der Waals surface area contributed by atoms with Crippen molar-refractivity contribution in [1.82, 2.24) is 4.57 Å². The minimum Gasteiger partial charge on any atom is -0.478 e. The van der Waals surface area contributed by atoms with Crippen LogP contribution in [0.25, 0.3) is 16.8 Å². The molecule has 0 bridgehead atoms. The van der Waals surface area contributed by atoms with Gasteiger partial charge in [-0.1, -0.05) is 42.5 Å². The van der Waals surface area contributed by atoms with Crippen molar-refractivity contribution in [2.24, 2.45) is 0 Å². The summed E-state index contributed by atoms with van der Waals surface area (Å²) in [5.74, 6) is -1.04. The summed E-state index contributed by atoms with van der Waals surface area (Å²) < 4.78 is 26.6. The lowest BCUT2D eigenvalue weighted by Crippen LogP contribution is -2.10. The normalized spacial score (nSPS) is 11.5.